The number of sulfone groups is 1. The molecule has 1 aromatic heterocycles. The van der Waals surface area contributed by atoms with Crippen molar-refractivity contribution in [3.63, 3.8) is 0 Å². The molecule has 7 nitrogen and oxygen atoms in total. The van der Waals surface area contributed by atoms with Crippen LogP contribution in [-0.2, 0) is 21.0 Å². The number of aryl methyl sites for hydroxylation is 1. The highest BCUT2D eigenvalue weighted by atomic mass is 32.2. The van der Waals surface area contributed by atoms with Gasteiger partial charge in [0.05, 0.1) is 17.6 Å². The van der Waals surface area contributed by atoms with Crippen molar-refractivity contribution in [2.24, 2.45) is 11.8 Å². The van der Waals surface area contributed by atoms with Gasteiger partial charge in [-0.05, 0) is 55.0 Å². The second-order valence-electron chi connectivity index (χ2n) is 9.17. The lowest BCUT2D eigenvalue weighted by atomic mass is 9.99. The standard InChI is InChI=1S/C24H34N4O3S/c1-4-19-13-25-24(26-14-19)28-15-18(2)20(16-28)17-31-22-9-11-27(12-10-22)21-5-7-23(8-6-21)32(3,29)30/h5-8,13-14,18,20,22H,4,9-12,15-17H2,1-3H3. The van der Waals surface area contributed by atoms with E-state index in [-0.39, 0.29) is 6.10 Å². The molecule has 0 aliphatic carbocycles. The summed E-state index contributed by atoms with van der Waals surface area (Å²) in [7, 11) is -3.15. The molecule has 2 unspecified atom stereocenters. The highest BCUT2D eigenvalue weighted by Crippen LogP contribution is 2.28. The first-order valence-corrected chi connectivity index (χ1v) is 13.4. The second-order valence-corrected chi connectivity index (χ2v) is 11.2. The summed E-state index contributed by atoms with van der Waals surface area (Å²) in [6, 6.07) is 7.20. The molecule has 2 saturated heterocycles. The number of anilines is 2. The maximum atomic E-state index is 11.7. The van der Waals surface area contributed by atoms with E-state index < -0.39 is 9.84 Å². The van der Waals surface area contributed by atoms with E-state index in [0.717, 1.165) is 63.7 Å². The number of hydrogen-bond donors (Lipinski definition) is 0. The lowest BCUT2D eigenvalue weighted by Crippen LogP contribution is -2.38. The fraction of sp³-hybridized carbons (Fsp3) is 0.583. The van der Waals surface area contributed by atoms with E-state index in [9.17, 15) is 8.42 Å². The first-order chi connectivity index (χ1) is 15.3. The number of hydrogen-bond acceptors (Lipinski definition) is 7. The van der Waals surface area contributed by atoms with Gasteiger partial charge in [-0.25, -0.2) is 18.4 Å². The normalized spacial score (nSPS) is 22.5. The van der Waals surface area contributed by atoms with E-state index in [0.29, 0.717) is 16.7 Å². The Balaban J connectivity index is 1.24. The van der Waals surface area contributed by atoms with Gasteiger partial charge in [-0.1, -0.05) is 13.8 Å². The molecule has 2 aromatic rings. The van der Waals surface area contributed by atoms with Gasteiger partial charge in [-0.3, -0.25) is 0 Å². The van der Waals surface area contributed by atoms with Gasteiger partial charge in [-0.15, -0.1) is 0 Å². The Morgan fingerprint density at radius 2 is 1.69 bits per heavy atom. The lowest BCUT2D eigenvalue weighted by Gasteiger charge is -2.34. The summed E-state index contributed by atoms with van der Waals surface area (Å²) in [5.41, 5.74) is 2.24. The molecule has 2 atom stereocenters. The van der Waals surface area contributed by atoms with Crippen LogP contribution in [-0.4, -0.2) is 63.5 Å². The minimum absolute atomic E-state index is 0.280. The molecule has 2 aliphatic heterocycles. The molecule has 4 rings (SSSR count). The summed E-state index contributed by atoms with van der Waals surface area (Å²) in [5.74, 6) is 1.87. The van der Waals surface area contributed by atoms with E-state index in [1.165, 1.54) is 11.8 Å². The van der Waals surface area contributed by atoms with E-state index in [2.05, 4.69) is 33.6 Å². The summed E-state index contributed by atoms with van der Waals surface area (Å²) < 4.78 is 29.6. The van der Waals surface area contributed by atoms with E-state index in [4.69, 9.17) is 4.74 Å². The van der Waals surface area contributed by atoms with Gasteiger partial charge < -0.3 is 14.5 Å². The predicted octanol–water partition coefficient (Wildman–Crippen LogP) is 3.20. The number of nitrogens with zero attached hydrogens (tertiary/aromatic N) is 4. The van der Waals surface area contributed by atoms with Crippen molar-refractivity contribution in [2.75, 3.05) is 48.8 Å². The largest absolute Gasteiger partial charge is 0.378 e. The van der Waals surface area contributed by atoms with Crippen molar-refractivity contribution < 1.29 is 13.2 Å². The first kappa shape index (κ1) is 23.0. The van der Waals surface area contributed by atoms with Crippen LogP contribution in [0.15, 0.2) is 41.6 Å². The molecule has 174 valence electrons. The zero-order valence-electron chi connectivity index (χ0n) is 19.3. The van der Waals surface area contributed by atoms with Crippen molar-refractivity contribution in [1.82, 2.24) is 9.97 Å². The predicted molar refractivity (Wildman–Crippen MR) is 127 cm³/mol. The van der Waals surface area contributed by atoms with Gasteiger partial charge in [0, 0.05) is 56.4 Å². The summed E-state index contributed by atoms with van der Waals surface area (Å²) in [4.78, 5) is 14.0. The van der Waals surface area contributed by atoms with Gasteiger partial charge in [-0.2, -0.15) is 0 Å². The van der Waals surface area contributed by atoms with Gasteiger partial charge in [0.2, 0.25) is 5.95 Å². The Morgan fingerprint density at radius 1 is 1.03 bits per heavy atom. The summed E-state index contributed by atoms with van der Waals surface area (Å²) >= 11 is 0. The van der Waals surface area contributed by atoms with Crippen molar-refractivity contribution in [2.45, 2.75) is 44.1 Å². The quantitative estimate of drug-likeness (QED) is 0.631. The molecule has 0 saturated carbocycles. The lowest BCUT2D eigenvalue weighted by molar-refractivity contribution is 0.0124. The Morgan fingerprint density at radius 3 is 2.28 bits per heavy atom. The molecule has 2 aliphatic rings. The fourth-order valence-corrected chi connectivity index (χ4v) is 5.18. The highest BCUT2D eigenvalue weighted by Gasteiger charge is 2.32. The maximum absolute atomic E-state index is 11.7. The van der Waals surface area contributed by atoms with E-state index in [1.54, 1.807) is 12.1 Å². The molecular weight excluding hydrogens is 424 g/mol. The van der Waals surface area contributed by atoms with Crippen LogP contribution >= 0.6 is 0 Å². The van der Waals surface area contributed by atoms with E-state index in [1.807, 2.05) is 24.5 Å². The number of piperidine rings is 1. The van der Waals surface area contributed by atoms with Crippen LogP contribution in [0.4, 0.5) is 11.6 Å². The topological polar surface area (TPSA) is 75.6 Å². The van der Waals surface area contributed by atoms with Crippen LogP contribution in [0.25, 0.3) is 0 Å². The average molecular weight is 459 g/mol. The number of benzene rings is 1. The zero-order chi connectivity index (χ0) is 22.7. The average Bonchev–Trinajstić information content (AvgIpc) is 3.18. The van der Waals surface area contributed by atoms with Crippen molar-refractivity contribution in [3.05, 3.63) is 42.2 Å². The van der Waals surface area contributed by atoms with Gasteiger partial charge in [0.25, 0.3) is 0 Å². The summed E-state index contributed by atoms with van der Waals surface area (Å²) in [5, 5.41) is 0. The monoisotopic (exact) mass is 458 g/mol. The second kappa shape index (κ2) is 9.75. The zero-order valence-corrected chi connectivity index (χ0v) is 20.1. The molecule has 8 heteroatoms. The van der Waals surface area contributed by atoms with Gasteiger partial charge in [0.15, 0.2) is 9.84 Å². The molecule has 3 heterocycles. The molecule has 1 aromatic carbocycles. The third-order valence-corrected chi connectivity index (χ3v) is 7.90. The van der Waals surface area contributed by atoms with Crippen LogP contribution in [0.1, 0.15) is 32.3 Å². The van der Waals surface area contributed by atoms with Crippen LogP contribution in [0.2, 0.25) is 0 Å². The number of rotatable bonds is 7. The summed E-state index contributed by atoms with van der Waals surface area (Å²) in [6.45, 7) is 8.94. The van der Waals surface area contributed by atoms with Gasteiger partial charge in [0.1, 0.15) is 0 Å². The molecular formula is C24H34N4O3S. The minimum atomic E-state index is -3.15. The van der Waals surface area contributed by atoms with Crippen molar-refractivity contribution >= 4 is 21.5 Å². The smallest absolute Gasteiger partial charge is 0.225 e. The van der Waals surface area contributed by atoms with Gasteiger partial charge >= 0.3 is 0 Å². The third kappa shape index (κ3) is 5.41. The Kier molecular flexibility index (Phi) is 7.00. The molecule has 0 radical (unpaired) electrons. The molecule has 0 spiro atoms. The summed E-state index contributed by atoms with van der Waals surface area (Å²) in [6.07, 6.45) is 8.31. The van der Waals surface area contributed by atoms with E-state index >= 15 is 0 Å². The number of aromatic nitrogens is 2. The maximum Gasteiger partial charge on any atom is 0.225 e. The Bertz CT molecular complexity index is 987. The molecule has 32 heavy (non-hydrogen) atoms. The third-order valence-electron chi connectivity index (χ3n) is 6.77. The first-order valence-electron chi connectivity index (χ1n) is 11.6. The minimum Gasteiger partial charge on any atom is -0.378 e. The number of ether oxygens (including phenoxy) is 1. The highest BCUT2D eigenvalue weighted by molar-refractivity contribution is 7.90. The van der Waals surface area contributed by atoms with Crippen LogP contribution < -0.4 is 9.80 Å². The molecule has 0 N–H and O–H groups in total. The van der Waals surface area contributed by atoms with Crippen LogP contribution in [0, 0.1) is 11.8 Å². The molecule has 2 fully saturated rings. The SMILES string of the molecule is CCc1cnc(N2CC(C)C(COC3CCN(c4ccc(S(C)(=O)=O)cc4)CC3)C2)nc1. The van der Waals surface area contributed by atoms with Crippen LogP contribution in [0.3, 0.4) is 0 Å². The fourth-order valence-electron chi connectivity index (χ4n) is 4.55. The Hall–Kier alpha value is -2.19. The molecule has 0 amide bonds. The van der Waals surface area contributed by atoms with Crippen molar-refractivity contribution in [1.29, 1.82) is 0 Å². The molecule has 0 bridgehead atoms. The van der Waals surface area contributed by atoms with Crippen molar-refractivity contribution in [3.8, 4) is 0 Å². The Labute approximate surface area is 191 Å². The van der Waals surface area contributed by atoms with Crippen LogP contribution in [0.5, 0.6) is 0 Å².